The lowest BCUT2D eigenvalue weighted by Crippen LogP contribution is -2.62. The lowest BCUT2D eigenvalue weighted by Gasteiger charge is -2.49. The number of hydrogen-bond acceptors (Lipinski definition) is 6. The third-order valence-electron chi connectivity index (χ3n) is 5.57. The van der Waals surface area contributed by atoms with Crippen molar-refractivity contribution in [3.05, 3.63) is 47.8 Å². The van der Waals surface area contributed by atoms with Crippen molar-refractivity contribution >= 4 is 5.95 Å². The molecule has 2 aromatic rings. The number of benzene rings is 1. The fraction of sp³-hybridized carbons (Fsp3) is 0.565. The molecule has 1 fully saturated rings. The van der Waals surface area contributed by atoms with Gasteiger partial charge in [0.25, 0.3) is 0 Å². The van der Waals surface area contributed by atoms with Gasteiger partial charge in [0.1, 0.15) is 5.75 Å². The molecule has 3 rings (SSSR count). The number of nitrogens with one attached hydrogen (secondary N) is 2. The molecule has 0 atom stereocenters. The third kappa shape index (κ3) is 5.67. The van der Waals surface area contributed by atoms with E-state index in [2.05, 4.69) is 65.3 Å². The van der Waals surface area contributed by atoms with Crippen molar-refractivity contribution in [1.82, 2.24) is 20.2 Å². The van der Waals surface area contributed by atoms with Crippen LogP contribution in [0.4, 0.5) is 5.95 Å². The maximum absolute atomic E-state index is 5.62. The number of methoxy groups -OCH3 is 1. The standard InChI is InChI=1S/C23H35N5O/c1-22(2)11-19(12-23(3,4)27-22)28(15-17-13-25-21(24-5)26-14-17)16-18-9-7-8-10-20(18)29-6/h7-10,13-14,19,27H,11-12,15-16H2,1-6H3,(H,24,25,26). The minimum atomic E-state index is 0.0813. The van der Waals surface area contributed by atoms with E-state index < -0.39 is 0 Å². The van der Waals surface area contributed by atoms with Gasteiger partial charge in [0, 0.05) is 60.8 Å². The first-order valence-electron chi connectivity index (χ1n) is 10.4. The van der Waals surface area contributed by atoms with Crippen LogP contribution in [0.3, 0.4) is 0 Å². The molecule has 1 aliphatic rings. The number of anilines is 1. The van der Waals surface area contributed by atoms with Crippen LogP contribution in [0.15, 0.2) is 36.7 Å². The number of piperidine rings is 1. The number of aromatic nitrogens is 2. The molecule has 1 aliphatic heterocycles. The maximum Gasteiger partial charge on any atom is 0.222 e. The van der Waals surface area contributed by atoms with Crippen LogP contribution in [0.25, 0.3) is 0 Å². The van der Waals surface area contributed by atoms with Gasteiger partial charge < -0.3 is 15.4 Å². The Morgan fingerprint density at radius 1 is 1.07 bits per heavy atom. The summed E-state index contributed by atoms with van der Waals surface area (Å²) in [7, 11) is 3.58. The predicted molar refractivity (Wildman–Crippen MR) is 118 cm³/mol. The zero-order valence-electron chi connectivity index (χ0n) is 18.6. The second-order valence-corrected chi connectivity index (χ2v) is 9.34. The molecule has 0 radical (unpaired) electrons. The highest BCUT2D eigenvalue weighted by atomic mass is 16.5. The molecule has 0 amide bonds. The van der Waals surface area contributed by atoms with E-state index in [1.54, 1.807) is 7.11 Å². The molecule has 0 aliphatic carbocycles. The van der Waals surface area contributed by atoms with Gasteiger partial charge in [-0.1, -0.05) is 18.2 Å². The molecule has 158 valence electrons. The predicted octanol–water partition coefficient (Wildman–Crippen LogP) is 3.84. The monoisotopic (exact) mass is 397 g/mol. The normalized spacial score (nSPS) is 18.6. The van der Waals surface area contributed by atoms with Crippen LogP contribution in [-0.4, -0.2) is 46.1 Å². The van der Waals surface area contributed by atoms with Crippen LogP contribution in [0.5, 0.6) is 5.75 Å². The average molecular weight is 398 g/mol. The Balaban J connectivity index is 1.89. The molecule has 1 aromatic heterocycles. The smallest absolute Gasteiger partial charge is 0.222 e. The van der Waals surface area contributed by atoms with E-state index >= 15 is 0 Å². The summed E-state index contributed by atoms with van der Waals surface area (Å²) >= 11 is 0. The van der Waals surface area contributed by atoms with Crippen molar-refractivity contribution in [3.8, 4) is 5.75 Å². The first-order valence-corrected chi connectivity index (χ1v) is 10.4. The van der Waals surface area contributed by atoms with Crippen LogP contribution >= 0.6 is 0 Å². The first kappa shape index (κ1) is 21.5. The molecule has 2 N–H and O–H groups in total. The zero-order valence-corrected chi connectivity index (χ0v) is 18.6. The molecule has 2 heterocycles. The fourth-order valence-electron chi connectivity index (χ4n) is 4.69. The molecule has 6 nitrogen and oxygen atoms in total. The van der Waals surface area contributed by atoms with Crippen molar-refractivity contribution in [3.63, 3.8) is 0 Å². The van der Waals surface area contributed by atoms with Crippen LogP contribution in [0.2, 0.25) is 0 Å². The first-order chi connectivity index (χ1) is 13.7. The van der Waals surface area contributed by atoms with Gasteiger partial charge in [-0.25, -0.2) is 9.97 Å². The van der Waals surface area contributed by atoms with Gasteiger partial charge in [-0.15, -0.1) is 0 Å². The van der Waals surface area contributed by atoms with E-state index in [-0.39, 0.29) is 11.1 Å². The van der Waals surface area contributed by atoms with E-state index in [1.165, 1.54) is 5.56 Å². The molecular formula is C23H35N5O. The number of hydrogen-bond donors (Lipinski definition) is 2. The lowest BCUT2D eigenvalue weighted by molar-refractivity contribution is 0.0558. The van der Waals surface area contributed by atoms with Crippen molar-refractivity contribution < 1.29 is 4.74 Å². The van der Waals surface area contributed by atoms with Crippen LogP contribution in [0, 0.1) is 0 Å². The highest BCUT2D eigenvalue weighted by Crippen LogP contribution is 2.34. The van der Waals surface area contributed by atoms with Crippen molar-refractivity contribution in [1.29, 1.82) is 0 Å². The SMILES string of the molecule is CNc1ncc(CN(Cc2ccccc2OC)C2CC(C)(C)NC(C)(C)C2)cn1. The lowest BCUT2D eigenvalue weighted by atomic mass is 9.79. The summed E-state index contributed by atoms with van der Waals surface area (Å²) in [6.07, 6.45) is 6.01. The molecule has 0 bridgehead atoms. The largest absolute Gasteiger partial charge is 0.496 e. The summed E-state index contributed by atoms with van der Waals surface area (Å²) in [5, 5.41) is 6.78. The second-order valence-electron chi connectivity index (χ2n) is 9.34. The minimum Gasteiger partial charge on any atom is -0.496 e. The van der Waals surface area contributed by atoms with Gasteiger partial charge in [-0.05, 0) is 46.6 Å². The Hall–Kier alpha value is -2.18. The topological polar surface area (TPSA) is 62.3 Å². The van der Waals surface area contributed by atoms with E-state index in [4.69, 9.17) is 4.74 Å². The number of para-hydroxylation sites is 1. The Labute approximate surface area is 175 Å². The van der Waals surface area contributed by atoms with Gasteiger partial charge in [0.2, 0.25) is 5.95 Å². The zero-order chi connectivity index (χ0) is 21.1. The summed E-state index contributed by atoms with van der Waals surface area (Å²) in [6.45, 7) is 10.8. The molecule has 1 aromatic carbocycles. The Morgan fingerprint density at radius 2 is 1.69 bits per heavy atom. The Kier molecular flexibility index (Phi) is 6.44. The van der Waals surface area contributed by atoms with Crippen molar-refractivity contribution in [2.24, 2.45) is 0 Å². The summed E-state index contributed by atoms with van der Waals surface area (Å²) in [5.41, 5.74) is 2.49. The number of ether oxygens (including phenoxy) is 1. The fourth-order valence-corrected chi connectivity index (χ4v) is 4.69. The van der Waals surface area contributed by atoms with Crippen LogP contribution < -0.4 is 15.4 Å². The van der Waals surface area contributed by atoms with Crippen molar-refractivity contribution in [2.75, 3.05) is 19.5 Å². The van der Waals surface area contributed by atoms with E-state index in [0.29, 0.717) is 12.0 Å². The maximum atomic E-state index is 5.62. The van der Waals surface area contributed by atoms with Gasteiger partial charge in [-0.3, -0.25) is 4.90 Å². The number of rotatable bonds is 7. The highest BCUT2D eigenvalue weighted by molar-refractivity contribution is 5.33. The van der Waals surface area contributed by atoms with Crippen molar-refractivity contribution in [2.45, 2.75) is 70.7 Å². The van der Waals surface area contributed by atoms with Gasteiger partial charge in [-0.2, -0.15) is 0 Å². The molecule has 0 unspecified atom stereocenters. The van der Waals surface area contributed by atoms with Crippen LogP contribution in [-0.2, 0) is 13.1 Å². The summed E-state index contributed by atoms with van der Waals surface area (Å²) in [4.78, 5) is 11.4. The Bertz CT molecular complexity index is 787. The summed E-state index contributed by atoms with van der Waals surface area (Å²) in [5.74, 6) is 1.58. The molecule has 1 saturated heterocycles. The quantitative estimate of drug-likeness (QED) is 0.740. The number of nitrogens with zero attached hydrogens (tertiary/aromatic N) is 3. The third-order valence-corrected chi connectivity index (χ3v) is 5.57. The van der Waals surface area contributed by atoms with Gasteiger partial charge >= 0.3 is 0 Å². The molecular weight excluding hydrogens is 362 g/mol. The molecule has 0 saturated carbocycles. The van der Waals surface area contributed by atoms with Crippen LogP contribution in [0.1, 0.15) is 51.7 Å². The van der Waals surface area contributed by atoms with E-state index in [1.807, 2.05) is 31.6 Å². The summed E-state index contributed by atoms with van der Waals surface area (Å²) < 4.78 is 5.62. The average Bonchev–Trinajstić information content (AvgIpc) is 2.66. The van der Waals surface area contributed by atoms with E-state index in [0.717, 1.165) is 37.2 Å². The second kappa shape index (κ2) is 8.67. The minimum absolute atomic E-state index is 0.0813. The molecule has 29 heavy (non-hydrogen) atoms. The van der Waals surface area contributed by atoms with Gasteiger partial charge in [0.05, 0.1) is 7.11 Å². The summed E-state index contributed by atoms with van der Waals surface area (Å²) in [6, 6.07) is 8.73. The van der Waals surface area contributed by atoms with E-state index in [9.17, 15) is 0 Å². The molecule has 0 spiro atoms. The highest BCUT2D eigenvalue weighted by Gasteiger charge is 2.40. The molecule has 6 heteroatoms. The van der Waals surface area contributed by atoms with Gasteiger partial charge in [0.15, 0.2) is 0 Å². The Morgan fingerprint density at radius 3 is 2.28 bits per heavy atom.